The second-order valence-corrected chi connectivity index (χ2v) is 3.70. The molecule has 0 saturated heterocycles. The van der Waals surface area contributed by atoms with Crippen LogP contribution < -0.4 is 11.1 Å². The second-order valence-electron chi connectivity index (χ2n) is 3.70. The van der Waals surface area contributed by atoms with E-state index >= 15 is 0 Å². The van der Waals surface area contributed by atoms with Crippen LogP contribution in [0.25, 0.3) is 0 Å². The van der Waals surface area contributed by atoms with Crippen molar-refractivity contribution in [1.82, 2.24) is 25.3 Å². The highest BCUT2D eigenvalue weighted by Gasteiger charge is 2.09. The first-order valence-corrected chi connectivity index (χ1v) is 5.23. The van der Waals surface area contributed by atoms with Crippen LogP contribution in [-0.2, 0) is 6.54 Å². The van der Waals surface area contributed by atoms with Crippen LogP contribution in [0.5, 0.6) is 0 Å². The zero-order valence-electron chi connectivity index (χ0n) is 9.47. The molecule has 0 aliphatic carbocycles. The lowest BCUT2D eigenvalue weighted by Gasteiger charge is -2.04. The van der Waals surface area contributed by atoms with E-state index in [4.69, 9.17) is 5.73 Å². The molecule has 1 amide bonds. The molecule has 2 aromatic heterocycles. The van der Waals surface area contributed by atoms with E-state index in [1.165, 1.54) is 6.20 Å². The number of rotatable bonds is 4. The van der Waals surface area contributed by atoms with Gasteiger partial charge in [-0.25, -0.2) is 0 Å². The molecule has 0 bridgehead atoms. The van der Waals surface area contributed by atoms with Gasteiger partial charge in [-0.05, 0) is 6.92 Å². The molecule has 0 saturated carbocycles. The minimum absolute atomic E-state index is 0.142. The number of H-pyrrole nitrogens is 1. The number of aromatic amines is 1. The van der Waals surface area contributed by atoms with Gasteiger partial charge < -0.3 is 11.1 Å². The van der Waals surface area contributed by atoms with E-state index < -0.39 is 0 Å². The van der Waals surface area contributed by atoms with E-state index in [9.17, 15) is 4.79 Å². The van der Waals surface area contributed by atoms with Crippen LogP contribution in [0.1, 0.15) is 16.1 Å². The molecule has 0 aromatic carbocycles. The quantitative estimate of drug-likeness (QED) is 0.689. The fourth-order valence-corrected chi connectivity index (χ4v) is 1.46. The first-order valence-electron chi connectivity index (χ1n) is 5.23. The van der Waals surface area contributed by atoms with Crippen LogP contribution in [0.15, 0.2) is 18.6 Å². The molecular formula is C10H14N6O. The molecule has 0 spiro atoms. The van der Waals surface area contributed by atoms with Crippen LogP contribution in [0.2, 0.25) is 0 Å². The summed E-state index contributed by atoms with van der Waals surface area (Å²) in [4.78, 5) is 11.7. The molecule has 2 rings (SSSR count). The van der Waals surface area contributed by atoms with Gasteiger partial charge in [-0.2, -0.15) is 10.2 Å². The van der Waals surface area contributed by atoms with Crippen LogP contribution in [0.3, 0.4) is 0 Å². The Morgan fingerprint density at radius 3 is 3.00 bits per heavy atom. The minimum atomic E-state index is -0.142. The summed E-state index contributed by atoms with van der Waals surface area (Å²) in [6.45, 7) is 2.88. The zero-order valence-corrected chi connectivity index (χ0v) is 9.47. The third-order valence-electron chi connectivity index (χ3n) is 2.35. The Labute approximate surface area is 98.0 Å². The number of aromatic nitrogens is 4. The van der Waals surface area contributed by atoms with Gasteiger partial charge in [0.05, 0.1) is 30.2 Å². The van der Waals surface area contributed by atoms with E-state index in [2.05, 4.69) is 20.6 Å². The standard InChI is InChI=1S/C10H14N6O/c1-7-9(5-13-15-7)10(17)12-2-3-16-6-8(11)4-14-16/h4-6H,2-3,11H2,1H3,(H,12,17)(H,13,15). The predicted octanol–water partition coefficient (Wildman–Crippen LogP) is -0.0732. The Hall–Kier alpha value is -2.31. The molecule has 0 aliphatic rings. The highest BCUT2D eigenvalue weighted by atomic mass is 16.1. The first kappa shape index (κ1) is 11.2. The minimum Gasteiger partial charge on any atom is -0.396 e. The molecule has 7 nitrogen and oxygen atoms in total. The van der Waals surface area contributed by atoms with Crippen molar-refractivity contribution in [3.05, 3.63) is 29.8 Å². The van der Waals surface area contributed by atoms with Crippen molar-refractivity contribution in [3.8, 4) is 0 Å². The van der Waals surface area contributed by atoms with Gasteiger partial charge in [0.15, 0.2) is 0 Å². The van der Waals surface area contributed by atoms with Crippen LogP contribution in [0, 0.1) is 6.92 Å². The van der Waals surface area contributed by atoms with E-state index in [0.29, 0.717) is 24.3 Å². The van der Waals surface area contributed by atoms with E-state index in [-0.39, 0.29) is 5.91 Å². The molecular weight excluding hydrogens is 220 g/mol. The number of hydrogen-bond donors (Lipinski definition) is 3. The molecule has 4 N–H and O–H groups in total. The average Bonchev–Trinajstić information content (AvgIpc) is 2.87. The van der Waals surface area contributed by atoms with E-state index in [1.54, 1.807) is 24.0 Å². The van der Waals surface area contributed by atoms with Gasteiger partial charge in [0, 0.05) is 18.4 Å². The van der Waals surface area contributed by atoms with Gasteiger partial charge in [0.2, 0.25) is 0 Å². The summed E-state index contributed by atoms with van der Waals surface area (Å²) < 4.78 is 1.68. The zero-order chi connectivity index (χ0) is 12.3. The van der Waals surface area contributed by atoms with Crippen molar-refractivity contribution < 1.29 is 4.79 Å². The predicted molar refractivity (Wildman–Crippen MR) is 62.3 cm³/mol. The van der Waals surface area contributed by atoms with Crippen molar-refractivity contribution in [2.45, 2.75) is 13.5 Å². The largest absolute Gasteiger partial charge is 0.396 e. The first-order chi connectivity index (χ1) is 8.16. The number of nitrogens with two attached hydrogens (primary N) is 1. The maximum Gasteiger partial charge on any atom is 0.254 e. The molecule has 2 heterocycles. The van der Waals surface area contributed by atoms with E-state index in [1.807, 2.05) is 0 Å². The molecule has 0 radical (unpaired) electrons. The number of carbonyl (C=O) groups is 1. The van der Waals surface area contributed by atoms with Gasteiger partial charge in [-0.3, -0.25) is 14.6 Å². The Morgan fingerprint density at radius 2 is 2.41 bits per heavy atom. The Kier molecular flexibility index (Phi) is 3.08. The molecule has 0 fully saturated rings. The number of anilines is 1. The number of carbonyl (C=O) groups excluding carboxylic acids is 1. The topological polar surface area (TPSA) is 102 Å². The lowest BCUT2D eigenvalue weighted by atomic mass is 10.2. The van der Waals surface area contributed by atoms with Gasteiger partial charge in [0.1, 0.15) is 0 Å². The van der Waals surface area contributed by atoms with Gasteiger partial charge in [-0.1, -0.05) is 0 Å². The lowest BCUT2D eigenvalue weighted by Crippen LogP contribution is -2.27. The molecule has 2 aromatic rings. The molecule has 0 aliphatic heterocycles. The molecule has 7 heteroatoms. The van der Waals surface area contributed by atoms with Crippen molar-refractivity contribution in [2.75, 3.05) is 12.3 Å². The van der Waals surface area contributed by atoms with Crippen LogP contribution in [0.4, 0.5) is 5.69 Å². The lowest BCUT2D eigenvalue weighted by molar-refractivity contribution is 0.0951. The summed E-state index contributed by atoms with van der Waals surface area (Å²) in [5.41, 5.74) is 7.45. The average molecular weight is 234 g/mol. The number of aryl methyl sites for hydroxylation is 1. The maximum absolute atomic E-state index is 11.7. The van der Waals surface area contributed by atoms with Gasteiger partial charge in [-0.15, -0.1) is 0 Å². The molecule has 0 atom stereocenters. The number of nitrogens with one attached hydrogen (secondary N) is 2. The van der Waals surface area contributed by atoms with E-state index in [0.717, 1.165) is 5.69 Å². The number of amides is 1. The van der Waals surface area contributed by atoms with Crippen molar-refractivity contribution in [3.63, 3.8) is 0 Å². The summed E-state index contributed by atoms with van der Waals surface area (Å²) in [5.74, 6) is -0.142. The third kappa shape index (κ3) is 2.63. The summed E-state index contributed by atoms with van der Waals surface area (Å²) in [5, 5.41) is 13.3. The second kappa shape index (κ2) is 4.69. The molecule has 90 valence electrons. The Bertz CT molecular complexity index is 514. The number of hydrogen-bond acceptors (Lipinski definition) is 4. The summed E-state index contributed by atoms with van der Waals surface area (Å²) in [6.07, 6.45) is 4.80. The van der Waals surface area contributed by atoms with Crippen molar-refractivity contribution >= 4 is 11.6 Å². The highest BCUT2D eigenvalue weighted by molar-refractivity contribution is 5.94. The van der Waals surface area contributed by atoms with Gasteiger partial charge in [0.25, 0.3) is 5.91 Å². The highest BCUT2D eigenvalue weighted by Crippen LogP contribution is 2.01. The fourth-order valence-electron chi connectivity index (χ4n) is 1.46. The molecule has 17 heavy (non-hydrogen) atoms. The number of nitrogen functional groups attached to an aromatic ring is 1. The fraction of sp³-hybridized carbons (Fsp3) is 0.300. The maximum atomic E-state index is 11.7. The summed E-state index contributed by atoms with van der Waals surface area (Å²) >= 11 is 0. The number of nitrogens with zero attached hydrogens (tertiary/aromatic N) is 3. The monoisotopic (exact) mass is 234 g/mol. The van der Waals surface area contributed by atoms with Crippen LogP contribution in [-0.4, -0.2) is 32.4 Å². The summed E-state index contributed by atoms with van der Waals surface area (Å²) in [7, 11) is 0. The summed E-state index contributed by atoms with van der Waals surface area (Å²) in [6, 6.07) is 0. The Balaban J connectivity index is 1.83. The Morgan fingerprint density at radius 1 is 1.59 bits per heavy atom. The van der Waals surface area contributed by atoms with Crippen molar-refractivity contribution in [1.29, 1.82) is 0 Å². The van der Waals surface area contributed by atoms with Crippen LogP contribution >= 0.6 is 0 Å². The SMILES string of the molecule is Cc1[nH]ncc1C(=O)NCCn1cc(N)cn1. The van der Waals surface area contributed by atoms with Gasteiger partial charge >= 0.3 is 0 Å². The smallest absolute Gasteiger partial charge is 0.254 e. The third-order valence-corrected chi connectivity index (χ3v) is 2.35. The molecule has 0 unspecified atom stereocenters. The normalized spacial score (nSPS) is 10.4. The van der Waals surface area contributed by atoms with Crippen molar-refractivity contribution in [2.24, 2.45) is 0 Å².